The molecule has 22 heavy (non-hydrogen) atoms. The van der Waals surface area contributed by atoms with E-state index in [1.54, 1.807) is 42.1 Å². The van der Waals surface area contributed by atoms with E-state index in [1.807, 2.05) is 0 Å². The fourth-order valence-electron chi connectivity index (χ4n) is 1.83. The number of hydrogen-bond donors (Lipinski definition) is 2. The minimum Gasteiger partial charge on any atom is -0.461 e. The number of carbonyl (C=O) groups excluding carboxylic acids is 1. The normalized spacial score (nSPS) is 11.5. The van der Waals surface area contributed by atoms with E-state index in [1.165, 1.54) is 0 Å². The van der Waals surface area contributed by atoms with Crippen LogP contribution in [-0.4, -0.2) is 33.4 Å². The van der Waals surface area contributed by atoms with Gasteiger partial charge in [-0.15, -0.1) is 0 Å². The average Bonchev–Trinajstić information content (AvgIpc) is 2.97. The van der Waals surface area contributed by atoms with Gasteiger partial charge in [-0.2, -0.15) is 5.10 Å². The van der Waals surface area contributed by atoms with Gasteiger partial charge in [-0.25, -0.2) is 4.79 Å². The van der Waals surface area contributed by atoms with E-state index in [0.717, 1.165) is 5.56 Å². The predicted molar refractivity (Wildman–Crippen MR) is 81.2 cm³/mol. The summed E-state index contributed by atoms with van der Waals surface area (Å²) in [5.41, 5.74) is 7.05. The molecule has 0 radical (unpaired) electrons. The van der Waals surface area contributed by atoms with E-state index in [9.17, 15) is 4.79 Å². The Morgan fingerprint density at radius 3 is 2.91 bits per heavy atom. The number of rotatable bonds is 5. The van der Waals surface area contributed by atoms with Gasteiger partial charge < -0.3 is 15.7 Å². The summed E-state index contributed by atoms with van der Waals surface area (Å²) in [7, 11) is 0. The van der Waals surface area contributed by atoms with Gasteiger partial charge in [0.1, 0.15) is 0 Å². The summed E-state index contributed by atoms with van der Waals surface area (Å²) < 4.78 is 6.46. The molecule has 2 aromatic rings. The highest BCUT2D eigenvalue weighted by Crippen LogP contribution is 2.19. The third-order valence-electron chi connectivity index (χ3n) is 2.91. The fraction of sp³-hybridized carbons (Fsp3) is 0.214. The Labute approximate surface area is 131 Å². The van der Waals surface area contributed by atoms with Crippen molar-refractivity contribution < 1.29 is 14.7 Å². The van der Waals surface area contributed by atoms with Crippen molar-refractivity contribution in [3.63, 3.8) is 0 Å². The molecule has 0 amide bonds. The Morgan fingerprint density at radius 2 is 2.27 bits per heavy atom. The van der Waals surface area contributed by atoms with Crippen LogP contribution in [0.25, 0.3) is 0 Å². The third-order valence-corrected chi connectivity index (χ3v) is 3.27. The summed E-state index contributed by atoms with van der Waals surface area (Å²) in [6, 6.07) is 6.62. The molecule has 2 rings (SSSR count). The van der Waals surface area contributed by atoms with Crippen LogP contribution in [0.15, 0.2) is 35.6 Å². The highest BCUT2D eigenvalue weighted by atomic mass is 35.5. The van der Waals surface area contributed by atoms with Crippen LogP contribution < -0.4 is 5.73 Å². The van der Waals surface area contributed by atoms with Gasteiger partial charge in [0, 0.05) is 16.8 Å². The Hall–Kier alpha value is -2.54. The number of hydrogen-bond acceptors (Lipinski definition) is 5. The van der Waals surface area contributed by atoms with E-state index in [0.29, 0.717) is 23.7 Å². The van der Waals surface area contributed by atoms with Crippen molar-refractivity contribution in [2.24, 2.45) is 10.9 Å². The molecule has 0 atom stereocenters. The smallest absolute Gasteiger partial charge is 0.358 e. The van der Waals surface area contributed by atoms with Gasteiger partial charge in [-0.05, 0) is 24.6 Å². The molecule has 0 aliphatic heterocycles. The van der Waals surface area contributed by atoms with Crippen molar-refractivity contribution >= 4 is 23.4 Å². The maximum atomic E-state index is 11.6. The lowest BCUT2D eigenvalue weighted by Gasteiger charge is -2.07. The van der Waals surface area contributed by atoms with Gasteiger partial charge in [0.25, 0.3) is 0 Å². The van der Waals surface area contributed by atoms with Gasteiger partial charge in [-0.3, -0.25) is 4.68 Å². The van der Waals surface area contributed by atoms with Crippen molar-refractivity contribution in [1.29, 1.82) is 0 Å². The van der Waals surface area contributed by atoms with Crippen molar-refractivity contribution in [2.45, 2.75) is 13.5 Å². The zero-order valence-electron chi connectivity index (χ0n) is 11.9. The van der Waals surface area contributed by atoms with Crippen LogP contribution in [0.3, 0.4) is 0 Å². The Balaban J connectivity index is 2.16. The molecule has 0 saturated carbocycles. The first-order valence-corrected chi connectivity index (χ1v) is 6.89. The van der Waals surface area contributed by atoms with Gasteiger partial charge in [0.05, 0.1) is 13.2 Å². The van der Waals surface area contributed by atoms with Crippen LogP contribution >= 0.6 is 11.6 Å². The van der Waals surface area contributed by atoms with Crippen LogP contribution in [0.4, 0.5) is 0 Å². The zero-order chi connectivity index (χ0) is 16.1. The van der Waals surface area contributed by atoms with Crippen molar-refractivity contribution in [2.75, 3.05) is 6.61 Å². The molecule has 3 N–H and O–H groups in total. The molecule has 1 aromatic carbocycles. The molecule has 0 bridgehead atoms. The molecule has 0 saturated heterocycles. The summed E-state index contributed by atoms with van der Waals surface area (Å²) in [6.07, 6.45) is 1.67. The fourth-order valence-corrected chi connectivity index (χ4v) is 2.07. The Kier molecular flexibility index (Phi) is 5.00. The summed E-state index contributed by atoms with van der Waals surface area (Å²) in [6.45, 7) is 2.42. The van der Waals surface area contributed by atoms with E-state index >= 15 is 0 Å². The Morgan fingerprint density at radius 1 is 1.50 bits per heavy atom. The lowest BCUT2D eigenvalue weighted by atomic mass is 10.1. The molecule has 0 aliphatic rings. The first kappa shape index (κ1) is 15.8. The van der Waals surface area contributed by atoms with Crippen LogP contribution in [0.2, 0.25) is 5.02 Å². The van der Waals surface area contributed by atoms with Crippen molar-refractivity contribution in [3.8, 4) is 0 Å². The van der Waals surface area contributed by atoms with Crippen LogP contribution in [-0.2, 0) is 11.3 Å². The predicted octanol–water partition coefficient (Wildman–Crippen LogP) is 1.86. The zero-order valence-corrected chi connectivity index (χ0v) is 12.6. The number of nitrogens with zero attached hydrogens (tertiary/aromatic N) is 3. The minimum atomic E-state index is -0.463. The standard InChI is InChI=1S/C14H15ClN4O3/c1-2-22-14(20)12-5-6-19(17-12)8-10-4-3-9(7-11(10)15)13(16)18-21/h3-7,21H,2,8H2,1H3,(H2,16,18). The Bertz CT molecular complexity index is 712. The molecule has 116 valence electrons. The molecule has 7 nitrogen and oxygen atoms in total. The summed E-state index contributed by atoms with van der Waals surface area (Å²) in [5.74, 6) is -0.480. The molecular weight excluding hydrogens is 308 g/mol. The summed E-state index contributed by atoms with van der Waals surface area (Å²) in [4.78, 5) is 11.6. The number of halogens is 1. The number of amidine groups is 1. The summed E-state index contributed by atoms with van der Waals surface area (Å²) in [5, 5.41) is 16.2. The number of benzene rings is 1. The van der Waals surface area contributed by atoms with E-state index < -0.39 is 5.97 Å². The average molecular weight is 323 g/mol. The summed E-state index contributed by atoms with van der Waals surface area (Å²) >= 11 is 6.17. The SMILES string of the molecule is CCOC(=O)c1ccn(Cc2ccc(/C(N)=N/O)cc2Cl)n1. The van der Waals surface area contributed by atoms with E-state index in [4.69, 9.17) is 27.3 Å². The number of nitrogens with two attached hydrogens (primary N) is 1. The quantitative estimate of drug-likeness (QED) is 0.287. The van der Waals surface area contributed by atoms with Gasteiger partial charge >= 0.3 is 5.97 Å². The molecule has 0 spiro atoms. The van der Waals surface area contributed by atoms with E-state index in [-0.39, 0.29) is 11.5 Å². The van der Waals surface area contributed by atoms with Crippen LogP contribution in [0, 0.1) is 0 Å². The van der Waals surface area contributed by atoms with Crippen molar-refractivity contribution in [3.05, 3.63) is 52.3 Å². The van der Waals surface area contributed by atoms with Gasteiger partial charge in [-0.1, -0.05) is 28.9 Å². The van der Waals surface area contributed by atoms with E-state index in [2.05, 4.69) is 10.3 Å². The molecule has 8 heteroatoms. The molecule has 0 unspecified atom stereocenters. The number of carbonyl (C=O) groups is 1. The second-order valence-corrected chi connectivity index (χ2v) is 4.82. The highest BCUT2D eigenvalue weighted by Gasteiger charge is 2.11. The highest BCUT2D eigenvalue weighted by molar-refractivity contribution is 6.31. The lowest BCUT2D eigenvalue weighted by molar-refractivity contribution is 0.0518. The molecule has 0 fully saturated rings. The molecule has 1 aromatic heterocycles. The van der Waals surface area contributed by atoms with Gasteiger partial charge in [0.2, 0.25) is 0 Å². The number of aromatic nitrogens is 2. The minimum absolute atomic E-state index is 0.0165. The second kappa shape index (κ2) is 6.95. The first-order valence-electron chi connectivity index (χ1n) is 6.52. The number of ether oxygens (including phenoxy) is 1. The third kappa shape index (κ3) is 3.56. The molecule has 1 heterocycles. The monoisotopic (exact) mass is 322 g/mol. The largest absolute Gasteiger partial charge is 0.461 e. The second-order valence-electron chi connectivity index (χ2n) is 4.41. The van der Waals surface area contributed by atoms with Crippen LogP contribution in [0.1, 0.15) is 28.5 Å². The molecular formula is C14H15ClN4O3. The lowest BCUT2D eigenvalue weighted by Crippen LogP contribution is -2.13. The number of oxime groups is 1. The first-order chi connectivity index (χ1) is 10.5. The van der Waals surface area contributed by atoms with Gasteiger partial charge in [0.15, 0.2) is 11.5 Å². The van der Waals surface area contributed by atoms with Crippen LogP contribution in [0.5, 0.6) is 0 Å². The van der Waals surface area contributed by atoms with Crippen molar-refractivity contribution in [1.82, 2.24) is 9.78 Å². The topological polar surface area (TPSA) is 103 Å². The molecule has 0 aliphatic carbocycles. The maximum Gasteiger partial charge on any atom is 0.358 e. The number of esters is 1. The maximum absolute atomic E-state index is 11.6.